The first-order chi connectivity index (χ1) is 13.4. The maximum atomic E-state index is 12.0. The van der Waals surface area contributed by atoms with Crippen LogP contribution in [0.5, 0.6) is 0 Å². The number of carbonyl (C=O) groups is 1. The van der Waals surface area contributed by atoms with Gasteiger partial charge in [-0.15, -0.1) is 0 Å². The second kappa shape index (κ2) is 18.8. The van der Waals surface area contributed by atoms with E-state index in [0.717, 1.165) is 13.0 Å². The molecule has 28 heavy (non-hydrogen) atoms. The Hall–Kier alpha value is -0.220. The third-order valence-electron chi connectivity index (χ3n) is 5.04. The fourth-order valence-corrected chi connectivity index (χ4v) is 3.42. The molecular formula is C24H49NO2S. The predicted molar refractivity (Wildman–Crippen MR) is 126 cm³/mol. The summed E-state index contributed by atoms with van der Waals surface area (Å²) in [6.07, 6.45) is 17.9. The highest BCUT2D eigenvalue weighted by Crippen LogP contribution is 2.15. The highest BCUT2D eigenvalue weighted by atomic mass is 32.1. The average molecular weight is 416 g/mol. The van der Waals surface area contributed by atoms with Crippen LogP contribution in [-0.4, -0.2) is 30.4 Å². The molecule has 1 atom stereocenters. The molecule has 0 aromatic heterocycles. The molecule has 1 amide bonds. The Morgan fingerprint density at radius 1 is 0.893 bits per heavy atom. The van der Waals surface area contributed by atoms with Crippen molar-refractivity contribution in [1.82, 2.24) is 5.32 Å². The SMILES string of the molecule is CCCCCCCCCCCCCCCC(=O)NCC(C)(S)COCC(C)C. The number of thiol groups is 1. The van der Waals surface area contributed by atoms with Crippen molar-refractivity contribution in [2.24, 2.45) is 5.92 Å². The lowest BCUT2D eigenvalue weighted by Gasteiger charge is -2.24. The van der Waals surface area contributed by atoms with E-state index in [4.69, 9.17) is 4.74 Å². The Balaban J connectivity index is 3.41. The first kappa shape index (κ1) is 27.8. The molecule has 0 rings (SSSR count). The van der Waals surface area contributed by atoms with Crippen LogP contribution >= 0.6 is 12.6 Å². The van der Waals surface area contributed by atoms with Gasteiger partial charge >= 0.3 is 0 Å². The molecule has 0 saturated heterocycles. The summed E-state index contributed by atoms with van der Waals surface area (Å²) in [5.41, 5.74) is 0. The van der Waals surface area contributed by atoms with Crippen LogP contribution in [0.1, 0.15) is 118 Å². The van der Waals surface area contributed by atoms with Gasteiger partial charge in [-0.1, -0.05) is 97.8 Å². The minimum Gasteiger partial charge on any atom is -0.380 e. The monoisotopic (exact) mass is 415 g/mol. The second-order valence-corrected chi connectivity index (χ2v) is 10.3. The van der Waals surface area contributed by atoms with Crippen molar-refractivity contribution >= 4 is 18.5 Å². The highest BCUT2D eigenvalue weighted by molar-refractivity contribution is 7.81. The third kappa shape index (κ3) is 20.5. The summed E-state index contributed by atoms with van der Waals surface area (Å²) in [7, 11) is 0. The number of nitrogens with one attached hydrogen (secondary N) is 1. The molecule has 3 nitrogen and oxygen atoms in total. The largest absolute Gasteiger partial charge is 0.380 e. The second-order valence-electron chi connectivity index (χ2n) is 9.18. The Labute approximate surface area is 181 Å². The van der Waals surface area contributed by atoms with Crippen molar-refractivity contribution in [2.45, 2.75) is 122 Å². The van der Waals surface area contributed by atoms with Gasteiger partial charge in [0.15, 0.2) is 0 Å². The molecule has 0 fully saturated rings. The van der Waals surface area contributed by atoms with Crippen LogP contribution in [0.25, 0.3) is 0 Å². The molecule has 0 aliphatic heterocycles. The summed E-state index contributed by atoms with van der Waals surface area (Å²) in [6, 6.07) is 0. The van der Waals surface area contributed by atoms with Gasteiger partial charge in [-0.25, -0.2) is 0 Å². The number of amides is 1. The van der Waals surface area contributed by atoms with Crippen molar-refractivity contribution in [3.8, 4) is 0 Å². The van der Waals surface area contributed by atoms with Gasteiger partial charge in [0.1, 0.15) is 0 Å². The molecule has 0 spiro atoms. The number of rotatable bonds is 20. The number of ether oxygens (including phenoxy) is 1. The molecule has 0 aromatic carbocycles. The predicted octanol–water partition coefficient (Wildman–Crippen LogP) is 6.95. The van der Waals surface area contributed by atoms with Gasteiger partial charge in [-0.05, 0) is 19.3 Å². The van der Waals surface area contributed by atoms with E-state index in [-0.39, 0.29) is 10.7 Å². The van der Waals surface area contributed by atoms with E-state index in [0.29, 0.717) is 25.5 Å². The number of hydrogen-bond acceptors (Lipinski definition) is 3. The molecule has 0 aromatic rings. The zero-order valence-corrected chi connectivity index (χ0v) is 20.3. The van der Waals surface area contributed by atoms with E-state index >= 15 is 0 Å². The summed E-state index contributed by atoms with van der Waals surface area (Å²) in [4.78, 5) is 12.0. The lowest BCUT2D eigenvalue weighted by atomic mass is 10.0. The van der Waals surface area contributed by atoms with Crippen LogP contribution in [0.3, 0.4) is 0 Å². The van der Waals surface area contributed by atoms with Crippen molar-refractivity contribution < 1.29 is 9.53 Å². The Bertz CT molecular complexity index is 359. The molecule has 168 valence electrons. The fourth-order valence-electron chi connectivity index (χ4n) is 3.25. The standard InChI is InChI=1S/C24H49NO2S/c1-5-6-7-8-9-10-11-12-13-14-15-16-17-18-23(26)25-20-24(4,28)21-27-19-22(2)3/h22,28H,5-21H2,1-4H3,(H,25,26). The van der Waals surface area contributed by atoms with Gasteiger partial charge in [-0.3, -0.25) is 4.79 Å². The molecule has 0 saturated carbocycles. The van der Waals surface area contributed by atoms with Crippen LogP contribution in [0.2, 0.25) is 0 Å². The number of unbranched alkanes of at least 4 members (excludes halogenated alkanes) is 12. The molecular weight excluding hydrogens is 366 g/mol. The van der Waals surface area contributed by atoms with Crippen molar-refractivity contribution in [1.29, 1.82) is 0 Å². The zero-order chi connectivity index (χ0) is 21.1. The minimum absolute atomic E-state index is 0.146. The van der Waals surface area contributed by atoms with Crippen molar-refractivity contribution in [2.75, 3.05) is 19.8 Å². The van der Waals surface area contributed by atoms with E-state index in [1.165, 1.54) is 77.0 Å². The van der Waals surface area contributed by atoms with Gasteiger partial charge in [-0.2, -0.15) is 12.6 Å². The van der Waals surface area contributed by atoms with Crippen LogP contribution < -0.4 is 5.32 Å². The van der Waals surface area contributed by atoms with Gasteiger partial charge in [0.2, 0.25) is 5.91 Å². The number of carbonyl (C=O) groups excluding carboxylic acids is 1. The van der Waals surface area contributed by atoms with Crippen LogP contribution in [0, 0.1) is 5.92 Å². The normalized spacial score (nSPS) is 13.6. The Morgan fingerprint density at radius 2 is 1.36 bits per heavy atom. The maximum Gasteiger partial charge on any atom is 0.220 e. The van der Waals surface area contributed by atoms with Gasteiger partial charge in [0.05, 0.1) is 11.4 Å². The third-order valence-corrected chi connectivity index (χ3v) is 5.33. The minimum atomic E-state index is -0.305. The summed E-state index contributed by atoms with van der Waals surface area (Å²) in [6.45, 7) is 10.4. The molecule has 4 heteroatoms. The zero-order valence-electron chi connectivity index (χ0n) is 19.4. The Kier molecular flexibility index (Phi) is 18.6. The van der Waals surface area contributed by atoms with E-state index in [1.54, 1.807) is 0 Å². The van der Waals surface area contributed by atoms with E-state index in [1.807, 2.05) is 6.92 Å². The molecule has 1 unspecified atom stereocenters. The van der Waals surface area contributed by atoms with E-state index < -0.39 is 0 Å². The lowest BCUT2D eigenvalue weighted by molar-refractivity contribution is -0.121. The van der Waals surface area contributed by atoms with Gasteiger partial charge < -0.3 is 10.1 Å². The summed E-state index contributed by atoms with van der Waals surface area (Å²) in [5.74, 6) is 0.668. The Morgan fingerprint density at radius 3 is 1.82 bits per heavy atom. The summed E-state index contributed by atoms with van der Waals surface area (Å²) >= 11 is 4.62. The van der Waals surface area contributed by atoms with Crippen molar-refractivity contribution in [3.63, 3.8) is 0 Å². The summed E-state index contributed by atoms with van der Waals surface area (Å²) < 4.78 is 5.34. The van der Waals surface area contributed by atoms with Gasteiger partial charge in [0, 0.05) is 19.6 Å². The molecule has 0 bridgehead atoms. The van der Waals surface area contributed by atoms with Crippen molar-refractivity contribution in [3.05, 3.63) is 0 Å². The summed E-state index contributed by atoms with van der Waals surface area (Å²) in [5, 5.41) is 3.01. The molecule has 0 heterocycles. The van der Waals surface area contributed by atoms with E-state index in [2.05, 4.69) is 38.7 Å². The van der Waals surface area contributed by atoms with Gasteiger partial charge in [0.25, 0.3) is 0 Å². The molecule has 1 N–H and O–H groups in total. The van der Waals surface area contributed by atoms with Crippen LogP contribution in [0.4, 0.5) is 0 Å². The molecule has 0 aliphatic carbocycles. The first-order valence-electron chi connectivity index (χ1n) is 11.9. The molecule has 0 radical (unpaired) electrons. The lowest BCUT2D eigenvalue weighted by Crippen LogP contribution is -2.40. The highest BCUT2D eigenvalue weighted by Gasteiger charge is 2.20. The quantitative estimate of drug-likeness (QED) is 0.167. The first-order valence-corrected chi connectivity index (χ1v) is 12.4. The average Bonchev–Trinajstić information content (AvgIpc) is 2.63. The number of hydrogen-bond donors (Lipinski definition) is 2. The molecule has 0 aliphatic rings. The van der Waals surface area contributed by atoms with E-state index in [9.17, 15) is 4.79 Å². The van der Waals surface area contributed by atoms with Crippen LogP contribution in [0.15, 0.2) is 0 Å². The smallest absolute Gasteiger partial charge is 0.220 e. The maximum absolute atomic E-state index is 12.0. The topological polar surface area (TPSA) is 38.3 Å². The van der Waals surface area contributed by atoms with Crippen LogP contribution in [-0.2, 0) is 9.53 Å². The fraction of sp³-hybridized carbons (Fsp3) is 0.958.